The summed E-state index contributed by atoms with van der Waals surface area (Å²) in [6.45, 7) is 4.24. The molecule has 0 atom stereocenters. The molecule has 6 nitrogen and oxygen atoms in total. The highest BCUT2D eigenvalue weighted by Crippen LogP contribution is 2.32. The predicted octanol–water partition coefficient (Wildman–Crippen LogP) is 2.31. The molecule has 2 heterocycles. The lowest BCUT2D eigenvalue weighted by molar-refractivity contribution is -0.118. The van der Waals surface area contributed by atoms with Gasteiger partial charge < -0.3 is 9.64 Å². The lowest BCUT2D eigenvalue weighted by Crippen LogP contribution is -2.34. The summed E-state index contributed by atoms with van der Waals surface area (Å²) in [5.41, 5.74) is 1.93. The van der Waals surface area contributed by atoms with Crippen LogP contribution in [0.15, 0.2) is 30.5 Å². The molecule has 1 aromatic carbocycles. The summed E-state index contributed by atoms with van der Waals surface area (Å²) in [7, 11) is 0. The van der Waals surface area contributed by atoms with E-state index in [1.165, 1.54) is 0 Å². The number of esters is 1. The third kappa shape index (κ3) is 2.26. The fraction of sp³-hybridized carbons (Fsp3) is 0.312. The Morgan fingerprint density at radius 3 is 2.64 bits per heavy atom. The second-order valence-corrected chi connectivity index (χ2v) is 4.95. The zero-order valence-electron chi connectivity index (χ0n) is 12.6. The number of carbonyl (C=O) groups excluding carboxylic acids is 2. The first-order chi connectivity index (χ1) is 10.7. The van der Waals surface area contributed by atoms with Gasteiger partial charge in [0, 0.05) is 12.6 Å². The van der Waals surface area contributed by atoms with Gasteiger partial charge in [-0.15, -0.1) is 0 Å². The highest BCUT2D eigenvalue weighted by atomic mass is 16.5. The third-order valence-corrected chi connectivity index (χ3v) is 3.60. The normalized spacial score (nSPS) is 12.5. The predicted molar refractivity (Wildman–Crippen MR) is 81.0 cm³/mol. The van der Waals surface area contributed by atoms with Crippen molar-refractivity contribution >= 4 is 17.6 Å². The number of carbonyl (C=O) groups is 2. The number of ether oxygens (including phenoxy) is 1. The van der Waals surface area contributed by atoms with Crippen LogP contribution in [-0.2, 0) is 16.1 Å². The first-order valence-electron chi connectivity index (χ1n) is 7.30. The molecule has 2 aromatic rings. The topological polar surface area (TPSA) is 64.4 Å². The Labute approximate surface area is 128 Å². The Morgan fingerprint density at radius 2 is 1.95 bits per heavy atom. The molecular weight excluding hydrogens is 282 g/mol. The highest BCUT2D eigenvalue weighted by Gasteiger charge is 2.28. The van der Waals surface area contributed by atoms with E-state index < -0.39 is 5.97 Å². The number of nitrogens with zero attached hydrogens (tertiary/aromatic N) is 3. The molecule has 114 valence electrons. The van der Waals surface area contributed by atoms with Crippen molar-refractivity contribution in [3.63, 3.8) is 0 Å². The maximum absolute atomic E-state index is 12.2. The molecule has 1 aromatic heterocycles. The Kier molecular flexibility index (Phi) is 3.66. The van der Waals surface area contributed by atoms with Crippen LogP contribution in [0.3, 0.4) is 0 Å². The summed E-state index contributed by atoms with van der Waals surface area (Å²) < 4.78 is 6.84. The number of anilines is 1. The zero-order valence-corrected chi connectivity index (χ0v) is 12.6. The van der Waals surface area contributed by atoms with Gasteiger partial charge in [-0.2, -0.15) is 0 Å². The zero-order chi connectivity index (χ0) is 15.7. The van der Waals surface area contributed by atoms with Gasteiger partial charge in [0.05, 0.1) is 24.5 Å². The van der Waals surface area contributed by atoms with Crippen LogP contribution in [0.2, 0.25) is 0 Å². The molecule has 1 amide bonds. The van der Waals surface area contributed by atoms with Gasteiger partial charge >= 0.3 is 5.97 Å². The van der Waals surface area contributed by atoms with E-state index in [4.69, 9.17) is 4.74 Å². The van der Waals surface area contributed by atoms with Crippen molar-refractivity contribution in [3.8, 4) is 5.69 Å². The summed E-state index contributed by atoms with van der Waals surface area (Å²) in [5.74, 6) is 0.234. The van der Waals surface area contributed by atoms with Crippen molar-refractivity contribution < 1.29 is 14.3 Å². The molecule has 0 spiro atoms. The van der Waals surface area contributed by atoms with Crippen LogP contribution in [-0.4, -0.2) is 28.0 Å². The van der Waals surface area contributed by atoms with Crippen molar-refractivity contribution in [2.24, 2.45) is 0 Å². The SMILES string of the molecule is CCOC(=O)c1cn2c(n1)CN(C(=O)CC)c1ccccc1-2. The Balaban J connectivity index is 2.08. The average molecular weight is 299 g/mol. The van der Waals surface area contributed by atoms with E-state index in [-0.39, 0.29) is 11.6 Å². The summed E-state index contributed by atoms with van der Waals surface area (Å²) in [6.07, 6.45) is 2.08. The molecule has 0 saturated heterocycles. The summed E-state index contributed by atoms with van der Waals surface area (Å²) in [5, 5.41) is 0. The summed E-state index contributed by atoms with van der Waals surface area (Å²) in [4.78, 5) is 30.1. The molecule has 0 fully saturated rings. The Hall–Kier alpha value is -2.63. The largest absolute Gasteiger partial charge is 0.461 e. The van der Waals surface area contributed by atoms with Crippen LogP contribution >= 0.6 is 0 Å². The van der Waals surface area contributed by atoms with Crippen molar-refractivity contribution in [3.05, 3.63) is 42.0 Å². The molecule has 0 aliphatic carbocycles. The molecule has 22 heavy (non-hydrogen) atoms. The molecule has 0 radical (unpaired) electrons. The minimum Gasteiger partial charge on any atom is -0.461 e. The van der Waals surface area contributed by atoms with Crippen molar-refractivity contribution in [1.82, 2.24) is 9.55 Å². The number of hydrogen-bond donors (Lipinski definition) is 0. The van der Waals surface area contributed by atoms with Gasteiger partial charge in [-0.05, 0) is 19.1 Å². The number of benzene rings is 1. The van der Waals surface area contributed by atoms with E-state index in [2.05, 4.69) is 4.98 Å². The van der Waals surface area contributed by atoms with Crippen LogP contribution in [0.5, 0.6) is 0 Å². The molecule has 0 saturated carbocycles. The number of para-hydroxylation sites is 2. The fourth-order valence-electron chi connectivity index (χ4n) is 2.58. The van der Waals surface area contributed by atoms with Crippen LogP contribution < -0.4 is 4.90 Å². The molecule has 3 rings (SSSR count). The number of imidazole rings is 1. The quantitative estimate of drug-likeness (QED) is 0.816. The van der Waals surface area contributed by atoms with Gasteiger partial charge in [-0.3, -0.25) is 9.36 Å². The lowest BCUT2D eigenvalue weighted by atomic mass is 10.2. The van der Waals surface area contributed by atoms with E-state index in [1.54, 1.807) is 18.0 Å². The van der Waals surface area contributed by atoms with Gasteiger partial charge in [-0.25, -0.2) is 9.78 Å². The lowest BCUT2D eigenvalue weighted by Gasteiger charge is -2.29. The van der Waals surface area contributed by atoms with Crippen LogP contribution in [0.1, 0.15) is 36.6 Å². The van der Waals surface area contributed by atoms with Crippen molar-refractivity contribution in [2.75, 3.05) is 11.5 Å². The maximum atomic E-state index is 12.2. The minimum atomic E-state index is -0.449. The number of rotatable bonds is 3. The summed E-state index contributed by atoms with van der Waals surface area (Å²) >= 11 is 0. The third-order valence-electron chi connectivity index (χ3n) is 3.60. The first-order valence-corrected chi connectivity index (χ1v) is 7.30. The number of fused-ring (bicyclic) bond motifs is 3. The van der Waals surface area contributed by atoms with Crippen LogP contribution in [0.25, 0.3) is 5.69 Å². The summed E-state index contributed by atoms with van der Waals surface area (Å²) in [6, 6.07) is 7.59. The molecule has 1 aliphatic heterocycles. The van der Waals surface area contributed by atoms with Gasteiger partial charge in [-0.1, -0.05) is 19.1 Å². The number of hydrogen-bond acceptors (Lipinski definition) is 4. The van der Waals surface area contributed by atoms with Crippen molar-refractivity contribution in [2.45, 2.75) is 26.8 Å². The molecule has 0 unspecified atom stereocenters. The minimum absolute atomic E-state index is 0.0272. The average Bonchev–Trinajstić information content (AvgIpc) is 2.98. The van der Waals surface area contributed by atoms with Gasteiger partial charge in [0.15, 0.2) is 5.69 Å². The second-order valence-electron chi connectivity index (χ2n) is 4.95. The fourth-order valence-corrected chi connectivity index (χ4v) is 2.58. The van der Waals surface area contributed by atoms with Gasteiger partial charge in [0.2, 0.25) is 5.91 Å². The second kappa shape index (κ2) is 5.63. The Bertz CT molecular complexity index is 736. The van der Waals surface area contributed by atoms with Crippen LogP contribution in [0, 0.1) is 0 Å². The molecule has 0 bridgehead atoms. The van der Waals surface area contributed by atoms with E-state index in [0.29, 0.717) is 25.4 Å². The highest BCUT2D eigenvalue weighted by molar-refractivity contribution is 5.96. The Morgan fingerprint density at radius 1 is 1.23 bits per heavy atom. The van der Waals surface area contributed by atoms with E-state index in [1.807, 2.05) is 35.8 Å². The molecular formula is C16H17N3O3. The maximum Gasteiger partial charge on any atom is 0.358 e. The van der Waals surface area contributed by atoms with Gasteiger partial charge in [0.25, 0.3) is 0 Å². The molecule has 0 N–H and O–H groups in total. The van der Waals surface area contributed by atoms with E-state index >= 15 is 0 Å². The first kappa shape index (κ1) is 14.3. The van der Waals surface area contributed by atoms with Gasteiger partial charge in [0.1, 0.15) is 5.82 Å². The van der Waals surface area contributed by atoms with Crippen LogP contribution in [0.4, 0.5) is 5.69 Å². The van der Waals surface area contributed by atoms with E-state index in [0.717, 1.165) is 11.4 Å². The standard InChI is InChI=1S/C16H17N3O3/c1-3-15(20)19-10-14-17-11(16(21)22-4-2)9-18(14)12-7-5-6-8-13(12)19/h5-9H,3-4,10H2,1-2H3. The number of aromatic nitrogens is 2. The molecule has 6 heteroatoms. The smallest absolute Gasteiger partial charge is 0.358 e. The van der Waals surface area contributed by atoms with E-state index in [9.17, 15) is 9.59 Å². The monoisotopic (exact) mass is 299 g/mol. The number of amides is 1. The van der Waals surface area contributed by atoms with Crippen molar-refractivity contribution in [1.29, 1.82) is 0 Å². The molecule has 1 aliphatic rings.